The van der Waals surface area contributed by atoms with E-state index in [-0.39, 0.29) is 16.7 Å². The third-order valence-corrected chi connectivity index (χ3v) is 2.29. The Morgan fingerprint density at radius 2 is 2.29 bits per heavy atom. The number of rotatable bonds is 2. The second-order valence-corrected chi connectivity index (χ2v) is 3.51. The molecular weight excluding hydrogens is 249 g/mol. The smallest absolute Gasteiger partial charge is 0.261 e. The average Bonchev–Trinajstić information content (AvgIpc) is 2.68. The number of halogens is 2. The molecule has 1 N–H and O–H groups in total. The standard InChI is InChI=1S/C9H7ClFN5O/c1-16-9(13-4-14-16)15-8(17)6-2-5(11)3-12-7(6)10/h2-4H,1H3,(H,13,14,15,17). The van der Waals surface area contributed by atoms with Crippen LogP contribution in [0.4, 0.5) is 10.3 Å². The van der Waals surface area contributed by atoms with Crippen molar-refractivity contribution in [2.75, 3.05) is 5.32 Å². The van der Waals surface area contributed by atoms with Crippen LogP contribution in [0.15, 0.2) is 18.6 Å². The Bertz CT molecular complexity index is 570. The van der Waals surface area contributed by atoms with Crippen molar-refractivity contribution < 1.29 is 9.18 Å². The van der Waals surface area contributed by atoms with E-state index in [1.165, 1.54) is 11.0 Å². The zero-order valence-electron chi connectivity index (χ0n) is 8.69. The normalized spacial score (nSPS) is 10.3. The van der Waals surface area contributed by atoms with Gasteiger partial charge in [-0.15, -0.1) is 0 Å². The molecule has 0 atom stereocenters. The predicted molar refractivity (Wildman–Crippen MR) is 58.2 cm³/mol. The first kappa shape index (κ1) is 11.5. The molecule has 0 spiro atoms. The monoisotopic (exact) mass is 255 g/mol. The topological polar surface area (TPSA) is 72.7 Å². The molecule has 0 aromatic carbocycles. The molecule has 8 heteroatoms. The molecule has 2 aromatic rings. The number of carbonyl (C=O) groups excluding carboxylic acids is 1. The molecule has 6 nitrogen and oxygen atoms in total. The van der Waals surface area contributed by atoms with Crippen LogP contribution in [0.2, 0.25) is 5.15 Å². The van der Waals surface area contributed by atoms with E-state index in [2.05, 4.69) is 20.4 Å². The van der Waals surface area contributed by atoms with Crippen molar-refractivity contribution in [2.24, 2.45) is 7.05 Å². The maximum absolute atomic E-state index is 12.9. The Kier molecular flexibility index (Phi) is 3.01. The molecule has 88 valence electrons. The Morgan fingerprint density at radius 1 is 1.53 bits per heavy atom. The van der Waals surface area contributed by atoms with E-state index in [4.69, 9.17) is 11.6 Å². The van der Waals surface area contributed by atoms with Crippen LogP contribution >= 0.6 is 11.6 Å². The fourth-order valence-electron chi connectivity index (χ4n) is 1.16. The van der Waals surface area contributed by atoms with Gasteiger partial charge in [0.1, 0.15) is 17.3 Å². The minimum absolute atomic E-state index is 0.0605. The molecule has 0 radical (unpaired) electrons. The van der Waals surface area contributed by atoms with Gasteiger partial charge in [0.15, 0.2) is 0 Å². The van der Waals surface area contributed by atoms with Crippen molar-refractivity contribution in [3.63, 3.8) is 0 Å². The van der Waals surface area contributed by atoms with Crippen LogP contribution in [0.25, 0.3) is 0 Å². The molecule has 2 heterocycles. The molecule has 1 amide bonds. The van der Waals surface area contributed by atoms with Crippen molar-refractivity contribution in [1.82, 2.24) is 19.7 Å². The minimum Gasteiger partial charge on any atom is -0.291 e. The van der Waals surface area contributed by atoms with Crippen molar-refractivity contribution in [3.8, 4) is 0 Å². The lowest BCUT2D eigenvalue weighted by Crippen LogP contribution is -2.16. The lowest BCUT2D eigenvalue weighted by Gasteiger charge is -2.04. The number of carbonyl (C=O) groups is 1. The zero-order chi connectivity index (χ0) is 12.4. The van der Waals surface area contributed by atoms with Crippen LogP contribution in [0.3, 0.4) is 0 Å². The molecule has 0 unspecified atom stereocenters. The predicted octanol–water partition coefficient (Wildman–Crippen LogP) is 1.25. The third kappa shape index (κ3) is 2.39. The van der Waals surface area contributed by atoms with Crippen molar-refractivity contribution in [2.45, 2.75) is 0 Å². The van der Waals surface area contributed by atoms with E-state index >= 15 is 0 Å². The van der Waals surface area contributed by atoms with Gasteiger partial charge < -0.3 is 0 Å². The summed E-state index contributed by atoms with van der Waals surface area (Å²) in [5.74, 6) is -1.01. The number of nitrogens with zero attached hydrogens (tertiary/aromatic N) is 4. The van der Waals surface area contributed by atoms with Gasteiger partial charge in [0.25, 0.3) is 5.91 Å². The fourth-order valence-corrected chi connectivity index (χ4v) is 1.35. The number of hydrogen-bond donors (Lipinski definition) is 1. The Balaban J connectivity index is 2.26. The van der Waals surface area contributed by atoms with E-state index in [0.29, 0.717) is 0 Å². The number of nitrogens with one attached hydrogen (secondary N) is 1. The Hall–Kier alpha value is -2.02. The van der Waals surface area contributed by atoms with Gasteiger partial charge in [0, 0.05) is 7.05 Å². The summed E-state index contributed by atoms with van der Waals surface area (Å²) in [4.78, 5) is 19.1. The average molecular weight is 256 g/mol. The van der Waals surface area contributed by atoms with E-state index < -0.39 is 11.7 Å². The summed E-state index contributed by atoms with van der Waals surface area (Å²) in [6.07, 6.45) is 2.21. The highest BCUT2D eigenvalue weighted by Crippen LogP contribution is 2.15. The van der Waals surface area contributed by atoms with Crippen LogP contribution in [-0.2, 0) is 7.05 Å². The SMILES string of the molecule is Cn1ncnc1NC(=O)c1cc(F)cnc1Cl. The lowest BCUT2D eigenvalue weighted by molar-refractivity contribution is 0.102. The van der Waals surface area contributed by atoms with Crippen LogP contribution in [0.5, 0.6) is 0 Å². The number of aryl methyl sites for hydroxylation is 1. The lowest BCUT2D eigenvalue weighted by atomic mass is 10.2. The molecule has 0 aliphatic rings. The van der Waals surface area contributed by atoms with Gasteiger partial charge in [-0.2, -0.15) is 10.1 Å². The molecule has 0 saturated carbocycles. The molecule has 0 saturated heterocycles. The quantitative estimate of drug-likeness (QED) is 0.820. The van der Waals surface area contributed by atoms with Gasteiger partial charge in [-0.05, 0) is 6.07 Å². The van der Waals surface area contributed by atoms with Crippen molar-refractivity contribution >= 4 is 23.5 Å². The second kappa shape index (κ2) is 4.46. The number of anilines is 1. The zero-order valence-corrected chi connectivity index (χ0v) is 9.44. The number of aromatic nitrogens is 4. The molecule has 2 rings (SSSR count). The molecule has 2 aromatic heterocycles. The van der Waals surface area contributed by atoms with Gasteiger partial charge in [0.05, 0.1) is 11.8 Å². The summed E-state index contributed by atoms with van der Waals surface area (Å²) in [6, 6.07) is 1.00. The van der Waals surface area contributed by atoms with E-state index in [1.807, 2.05) is 0 Å². The van der Waals surface area contributed by atoms with Crippen molar-refractivity contribution in [1.29, 1.82) is 0 Å². The summed E-state index contributed by atoms with van der Waals surface area (Å²) < 4.78 is 14.3. The van der Waals surface area contributed by atoms with E-state index in [0.717, 1.165) is 12.3 Å². The maximum Gasteiger partial charge on any atom is 0.261 e. The highest BCUT2D eigenvalue weighted by molar-refractivity contribution is 6.33. The van der Waals surface area contributed by atoms with Crippen LogP contribution < -0.4 is 5.32 Å². The Labute approximate surface area is 100 Å². The fraction of sp³-hybridized carbons (Fsp3) is 0.111. The first-order valence-corrected chi connectivity index (χ1v) is 4.92. The molecular formula is C9H7ClFN5O. The molecule has 0 bridgehead atoms. The summed E-state index contributed by atoms with van der Waals surface area (Å²) in [6.45, 7) is 0. The molecule has 0 aliphatic heterocycles. The third-order valence-electron chi connectivity index (χ3n) is 1.99. The van der Waals surface area contributed by atoms with Crippen LogP contribution in [0, 0.1) is 5.82 Å². The van der Waals surface area contributed by atoms with Gasteiger partial charge in [-0.3, -0.25) is 10.1 Å². The minimum atomic E-state index is -0.641. The first-order chi connectivity index (χ1) is 8.08. The van der Waals surface area contributed by atoms with Gasteiger partial charge >= 0.3 is 0 Å². The number of amides is 1. The van der Waals surface area contributed by atoms with E-state index in [9.17, 15) is 9.18 Å². The van der Waals surface area contributed by atoms with Crippen molar-refractivity contribution in [3.05, 3.63) is 35.1 Å². The summed E-state index contributed by atoms with van der Waals surface area (Å²) in [7, 11) is 1.61. The number of pyridine rings is 1. The first-order valence-electron chi connectivity index (χ1n) is 4.54. The highest BCUT2D eigenvalue weighted by Gasteiger charge is 2.14. The largest absolute Gasteiger partial charge is 0.291 e. The maximum atomic E-state index is 12.9. The number of hydrogen-bond acceptors (Lipinski definition) is 4. The van der Waals surface area contributed by atoms with Gasteiger partial charge in [-0.1, -0.05) is 11.6 Å². The molecule has 0 aliphatic carbocycles. The van der Waals surface area contributed by atoms with Gasteiger partial charge in [0.2, 0.25) is 5.95 Å². The van der Waals surface area contributed by atoms with Crippen LogP contribution in [0.1, 0.15) is 10.4 Å². The summed E-state index contributed by atoms with van der Waals surface area (Å²) >= 11 is 5.69. The summed E-state index contributed by atoms with van der Waals surface area (Å²) in [5, 5.41) is 6.13. The van der Waals surface area contributed by atoms with E-state index in [1.54, 1.807) is 7.05 Å². The summed E-state index contributed by atoms with van der Waals surface area (Å²) in [5.41, 5.74) is -0.0605. The second-order valence-electron chi connectivity index (χ2n) is 3.15. The van der Waals surface area contributed by atoms with Crippen LogP contribution in [-0.4, -0.2) is 25.7 Å². The molecule has 17 heavy (non-hydrogen) atoms. The Morgan fingerprint density at radius 3 is 2.94 bits per heavy atom. The van der Waals surface area contributed by atoms with Gasteiger partial charge in [-0.25, -0.2) is 14.1 Å². The highest BCUT2D eigenvalue weighted by atomic mass is 35.5. The molecule has 0 fully saturated rings.